The molecular formula is C36H42N4O6. The molecule has 0 radical (unpaired) electrons. The standard InChI is InChI=1S/C36H42N4O6/c1-5-7-17-27(31(41)33(43)37-18-6-2)38-32(42)30-28-26(36(28,3)4)21-40(30)34(44)29(24-19-22-13-11-12-14-23(22)20-24)39-35(45)46-25-15-9-8-10-16-25/h5-6,8-16,24,26-30H,1-2,7,17-21H2,3-4H3,(H,37,43)(H,38,42)(H,39,45). The summed E-state index contributed by atoms with van der Waals surface area (Å²) in [6.45, 7) is 11.8. The fraction of sp³-hybridized carbons (Fsp3) is 0.417. The molecule has 0 spiro atoms. The van der Waals surface area contributed by atoms with Crippen molar-refractivity contribution in [2.24, 2.45) is 23.2 Å². The van der Waals surface area contributed by atoms with Gasteiger partial charge in [-0.2, -0.15) is 0 Å². The number of carbonyl (C=O) groups excluding carboxylic acids is 5. The predicted molar refractivity (Wildman–Crippen MR) is 173 cm³/mol. The first-order chi connectivity index (χ1) is 22.1. The van der Waals surface area contributed by atoms with Gasteiger partial charge in [0.05, 0.1) is 6.04 Å². The number of rotatable bonds is 13. The number of nitrogens with one attached hydrogen (secondary N) is 3. The number of hydrogen-bond acceptors (Lipinski definition) is 6. The van der Waals surface area contributed by atoms with Crippen molar-refractivity contribution in [3.63, 3.8) is 0 Å². The van der Waals surface area contributed by atoms with E-state index < -0.39 is 41.8 Å². The molecule has 1 saturated heterocycles. The van der Waals surface area contributed by atoms with E-state index in [1.807, 2.05) is 24.3 Å². The van der Waals surface area contributed by atoms with Crippen LogP contribution in [0.3, 0.4) is 0 Å². The Hall–Kier alpha value is -4.73. The van der Waals surface area contributed by atoms with E-state index in [0.717, 1.165) is 11.1 Å². The van der Waals surface area contributed by atoms with Crippen molar-refractivity contribution >= 4 is 29.6 Å². The molecule has 242 valence electrons. The number of ketones is 1. The number of para-hydroxylation sites is 1. The van der Waals surface area contributed by atoms with Crippen LogP contribution in [0, 0.1) is 23.2 Å². The minimum Gasteiger partial charge on any atom is -0.410 e. The Balaban J connectivity index is 1.39. The summed E-state index contributed by atoms with van der Waals surface area (Å²) in [5.41, 5.74) is 2.03. The van der Waals surface area contributed by atoms with Crippen molar-refractivity contribution in [1.29, 1.82) is 0 Å². The van der Waals surface area contributed by atoms with Crippen molar-refractivity contribution in [1.82, 2.24) is 20.9 Å². The molecule has 10 heteroatoms. The van der Waals surface area contributed by atoms with Crippen molar-refractivity contribution in [2.45, 2.75) is 57.7 Å². The van der Waals surface area contributed by atoms with Crippen LogP contribution < -0.4 is 20.7 Å². The number of ether oxygens (including phenoxy) is 1. The van der Waals surface area contributed by atoms with Gasteiger partial charge in [0.15, 0.2) is 0 Å². The van der Waals surface area contributed by atoms with E-state index in [4.69, 9.17) is 4.74 Å². The molecule has 1 heterocycles. The molecule has 3 aliphatic rings. The largest absolute Gasteiger partial charge is 0.413 e. The summed E-state index contributed by atoms with van der Waals surface area (Å²) >= 11 is 0. The van der Waals surface area contributed by atoms with Gasteiger partial charge >= 0.3 is 6.09 Å². The summed E-state index contributed by atoms with van der Waals surface area (Å²) in [5.74, 6) is -2.44. The first kappa shape index (κ1) is 32.7. The maximum atomic E-state index is 14.5. The molecule has 2 aliphatic carbocycles. The van der Waals surface area contributed by atoms with E-state index in [-0.39, 0.29) is 42.0 Å². The lowest BCUT2D eigenvalue weighted by molar-refractivity contribution is -0.144. The van der Waals surface area contributed by atoms with Gasteiger partial charge in [0.25, 0.3) is 5.91 Å². The number of nitrogens with zero attached hydrogens (tertiary/aromatic N) is 1. The average Bonchev–Trinajstić information content (AvgIpc) is 3.40. The number of hydrogen-bond donors (Lipinski definition) is 3. The van der Waals surface area contributed by atoms with Gasteiger partial charge in [0.1, 0.15) is 17.8 Å². The lowest BCUT2D eigenvalue weighted by Gasteiger charge is -2.35. The monoisotopic (exact) mass is 626 g/mol. The predicted octanol–water partition coefficient (Wildman–Crippen LogP) is 3.36. The zero-order valence-electron chi connectivity index (χ0n) is 26.4. The van der Waals surface area contributed by atoms with Crippen LogP contribution >= 0.6 is 0 Å². The van der Waals surface area contributed by atoms with Gasteiger partial charge < -0.3 is 25.6 Å². The highest BCUT2D eigenvalue weighted by molar-refractivity contribution is 6.38. The molecular weight excluding hydrogens is 584 g/mol. The molecule has 2 aromatic carbocycles. The molecule has 2 aromatic rings. The minimum absolute atomic E-state index is 0.0723. The summed E-state index contributed by atoms with van der Waals surface area (Å²) in [6, 6.07) is 13.6. The van der Waals surface area contributed by atoms with E-state index in [1.165, 1.54) is 6.08 Å². The van der Waals surface area contributed by atoms with Crippen molar-refractivity contribution < 1.29 is 28.7 Å². The number of likely N-dealkylation sites (tertiary alicyclic amines) is 1. The van der Waals surface area contributed by atoms with Crippen molar-refractivity contribution in [3.8, 4) is 5.75 Å². The molecule has 3 N–H and O–H groups in total. The number of fused-ring (bicyclic) bond motifs is 2. The Morgan fingerprint density at radius 1 is 0.957 bits per heavy atom. The van der Waals surface area contributed by atoms with E-state index in [2.05, 4.69) is 43.0 Å². The SMILES string of the molecule is C=CCCC(NC(=O)C1C2C(CN1C(=O)C(NC(=O)Oc1ccccc1)C1Cc3ccccc3C1)C2(C)C)C(=O)C(=O)NCC=C. The third kappa shape index (κ3) is 6.76. The van der Waals surface area contributed by atoms with E-state index in [9.17, 15) is 24.0 Å². The number of benzene rings is 2. The summed E-state index contributed by atoms with van der Waals surface area (Å²) in [4.78, 5) is 68.8. The quantitative estimate of drug-likeness (QED) is 0.231. The van der Waals surface area contributed by atoms with Gasteiger partial charge in [-0.15, -0.1) is 13.2 Å². The Kier molecular flexibility index (Phi) is 9.74. The fourth-order valence-corrected chi connectivity index (χ4v) is 7.17. The van der Waals surface area contributed by atoms with Crippen LogP contribution in [0.5, 0.6) is 5.75 Å². The molecule has 1 aliphatic heterocycles. The molecule has 5 rings (SSSR count). The Labute approximate surface area is 269 Å². The molecule has 2 fully saturated rings. The smallest absolute Gasteiger partial charge is 0.410 e. The number of allylic oxidation sites excluding steroid dienone is 1. The van der Waals surface area contributed by atoms with Crippen LogP contribution in [0.15, 0.2) is 79.9 Å². The van der Waals surface area contributed by atoms with Crippen LogP contribution in [0.4, 0.5) is 4.79 Å². The summed E-state index contributed by atoms with van der Waals surface area (Å²) in [7, 11) is 0. The van der Waals surface area contributed by atoms with Gasteiger partial charge in [-0.25, -0.2) is 4.79 Å². The Morgan fingerprint density at radius 2 is 1.61 bits per heavy atom. The van der Waals surface area contributed by atoms with Crippen molar-refractivity contribution in [3.05, 3.63) is 91.0 Å². The lowest BCUT2D eigenvalue weighted by atomic mass is 9.93. The van der Waals surface area contributed by atoms with Gasteiger partial charge in [0.2, 0.25) is 17.6 Å². The minimum atomic E-state index is -1.09. The molecule has 10 nitrogen and oxygen atoms in total. The number of Topliss-reactive ketones (excluding diaryl/α,β-unsaturated/α-hetero) is 1. The van der Waals surface area contributed by atoms with E-state index in [1.54, 1.807) is 41.3 Å². The van der Waals surface area contributed by atoms with Gasteiger partial charge in [-0.05, 0) is 72.1 Å². The van der Waals surface area contributed by atoms with Crippen LogP contribution in [0.1, 0.15) is 37.8 Å². The van der Waals surface area contributed by atoms with Crippen molar-refractivity contribution in [2.75, 3.05) is 13.1 Å². The summed E-state index contributed by atoms with van der Waals surface area (Å²) < 4.78 is 5.51. The van der Waals surface area contributed by atoms with Gasteiger partial charge in [-0.1, -0.05) is 68.5 Å². The zero-order chi connectivity index (χ0) is 33.0. The average molecular weight is 627 g/mol. The first-order valence-electron chi connectivity index (χ1n) is 15.8. The fourth-order valence-electron chi connectivity index (χ4n) is 7.17. The second kappa shape index (κ2) is 13.7. The Bertz CT molecular complexity index is 1500. The maximum absolute atomic E-state index is 14.5. The van der Waals surface area contributed by atoms with Crippen LogP contribution in [-0.4, -0.2) is 65.7 Å². The number of piperidine rings is 1. The highest BCUT2D eigenvalue weighted by atomic mass is 16.6. The lowest BCUT2D eigenvalue weighted by Crippen LogP contribution is -2.59. The second-order valence-electron chi connectivity index (χ2n) is 12.9. The molecule has 0 bridgehead atoms. The van der Waals surface area contributed by atoms with Crippen LogP contribution in [0.2, 0.25) is 0 Å². The number of amides is 4. The number of carbonyl (C=O) groups is 5. The molecule has 5 unspecified atom stereocenters. The van der Waals surface area contributed by atoms with Crippen LogP contribution in [-0.2, 0) is 32.0 Å². The second-order valence-corrected chi connectivity index (χ2v) is 12.9. The van der Waals surface area contributed by atoms with E-state index in [0.29, 0.717) is 31.6 Å². The van der Waals surface area contributed by atoms with E-state index >= 15 is 0 Å². The summed E-state index contributed by atoms with van der Waals surface area (Å²) in [6.07, 6.45) is 4.06. The normalized spacial score (nSPS) is 22.0. The summed E-state index contributed by atoms with van der Waals surface area (Å²) in [5, 5.41) is 8.12. The molecule has 5 atom stereocenters. The topological polar surface area (TPSA) is 134 Å². The third-order valence-corrected chi connectivity index (χ3v) is 9.73. The molecule has 46 heavy (non-hydrogen) atoms. The molecule has 0 aromatic heterocycles. The molecule has 1 saturated carbocycles. The zero-order valence-corrected chi connectivity index (χ0v) is 26.4. The van der Waals surface area contributed by atoms with Gasteiger partial charge in [0, 0.05) is 13.1 Å². The highest BCUT2D eigenvalue weighted by Gasteiger charge is 2.69. The first-order valence-corrected chi connectivity index (χ1v) is 15.8. The Morgan fingerprint density at radius 3 is 2.24 bits per heavy atom. The maximum Gasteiger partial charge on any atom is 0.413 e. The highest BCUT2D eigenvalue weighted by Crippen LogP contribution is 2.65. The van der Waals surface area contributed by atoms with Gasteiger partial charge in [-0.3, -0.25) is 19.2 Å². The van der Waals surface area contributed by atoms with Crippen LogP contribution in [0.25, 0.3) is 0 Å². The third-order valence-electron chi connectivity index (χ3n) is 9.73. The molecule has 4 amide bonds.